The van der Waals surface area contributed by atoms with Gasteiger partial charge in [-0.2, -0.15) is 4.98 Å². The minimum atomic E-state index is -0.333. The van der Waals surface area contributed by atoms with E-state index >= 15 is 0 Å². The Morgan fingerprint density at radius 1 is 1.36 bits per heavy atom. The maximum Gasteiger partial charge on any atom is 0.234 e. The summed E-state index contributed by atoms with van der Waals surface area (Å²) in [5, 5.41) is 4.49. The van der Waals surface area contributed by atoms with E-state index in [4.69, 9.17) is 0 Å². The van der Waals surface area contributed by atoms with Crippen molar-refractivity contribution in [2.45, 2.75) is 24.8 Å². The number of amides is 1. The van der Waals surface area contributed by atoms with Crippen LogP contribution in [0.4, 0.5) is 15.2 Å². The van der Waals surface area contributed by atoms with Gasteiger partial charge in [-0.15, -0.1) is 0 Å². The van der Waals surface area contributed by atoms with Gasteiger partial charge in [0.15, 0.2) is 10.8 Å². The van der Waals surface area contributed by atoms with Crippen LogP contribution >= 0.6 is 23.1 Å². The number of hydrogen-bond donors (Lipinski definition) is 1. The number of rotatable bonds is 5. The van der Waals surface area contributed by atoms with E-state index in [9.17, 15) is 9.18 Å². The molecule has 0 bridgehead atoms. The summed E-state index contributed by atoms with van der Waals surface area (Å²) in [5.41, 5.74) is 1.24. The molecule has 1 aliphatic rings. The number of nitrogens with zero attached hydrogens (tertiary/aromatic N) is 4. The first kappa shape index (κ1) is 19.1. The molecule has 3 heterocycles. The molecule has 6 nitrogen and oxygen atoms in total. The zero-order chi connectivity index (χ0) is 19.5. The summed E-state index contributed by atoms with van der Waals surface area (Å²) in [6, 6.07) is 5.71. The third kappa shape index (κ3) is 4.41. The van der Waals surface area contributed by atoms with Crippen molar-refractivity contribution in [1.29, 1.82) is 0 Å². The summed E-state index contributed by atoms with van der Waals surface area (Å²) in [6.45, 7) is 4.29. The Morgan fingerprint density at radius 2 is 2.18 bits per heavy atom. The number of aromatic nitrogens is 3. The number of benzene rings is 1. The van der Waals surface area contributed by atoms with E-state index in [1.165, 1.54) is 55.2 Å². The monoisotopic (exact) mass is 417 g/mol. The number of anilines is 2. The number of thioether (sulfide) groups is 1. The lowest BCUT2D eigenvalue weighted by atomic mass is 10.0. The highest BCUT2D eigenvalue weighted by atomic mass is 32.2. The standard InChI is InChI=1S/C19H20FN5OS2/c1-12-3-2-8-25(9-12)19-24-17-16(28-19)18(22-11-21-17)27-10-15(26)23-14-6-4-13(20)5-7-14/h4-7,11-12H,2-3,8-10H2,1H3,(H,23,26)/t12-/m0/s1. The highest BCUT2D eigenvalue weighted by Crippen LogP contribution is 2.35. The molecule has 0 unspecified atom stereocenters. The highest BCUT2D eigenvalue weighted by Gasteiger charge is 2.21. The van der Waals surface area contributed by atoms with E-state index in [1.54, 1.807) is 11.3 Å². The molecule has 1 saturated heterocycles. The lowest BCUT2D eigenvalue weighted by Gasteiger charge is -2.30. The van der Waals surface area contributed by atoms with E-state index in [0.717, 1.165) is 27.9 Å². The van der Waals surface area contributed by atoms with E-state index in [1.807, 2.05) is 0 Å². The topological polar surface area (TPSA) is 71.0 Å². The van der Waals surface area contributed by atoms with Gasteiger partial charge in [0.1, 0.15) is 21.9 Å². The molecule has 2 aromatic heterocycles. The van der Waals surface area contributed by atoms with Gasteiger partial charge < -0.3 is 10.2 Å². The highest BCUT2D eigenvalue weighted by molar-refractivity contribution is 8.00. The molecule has 0 saturated carbocycles. The third-order valence-corrected chi connectivity index (χ3v) is 6.77. The second-order valence-electron chi connectivity index (χ2n) is 6.87. The molecular weight excluding hydrogens is 397 g/mol. The third-order valence-electron chi connectivity index (χ3n) is 4.54. The van der Waals surface area contributed by atoms with Gasteiger partial charge in [-0.1, -0.05) is 30.0 Å². The van der Waals surface area contributed by atoms with E-state index < -0.39 is 0 Å². The molecule has 0 aliphatic carbocycles. The Kier molecular flexibility index (Phi) is 5.72. The lowest BCUT2D eigenvalue weighted by Crippen LogP contribution is -2.34. The second kappa shape index (κ2) is 8.40. The average Bonchev–Trinajstić information content (AvgIpc) is 3.13. The Hall–Kier alpha value is -2.26. The fourth-order valence-corrected chi connectivity index (χ4v) is 5.11. The molecule has 1 aliphatic heterocycles. The van der Waals surface area contributed by atoms with E-state index in [0.29, 0.717) is 17.3 Å². The van der Waals surface area contributed by atoms with E-state index in [-0.39, 0.29) is 17.5 Å². The van der Waals surface area contributed by atoms with Crippen LogP contribution < -0.4 is 10.2 Å². The van der Waals surface area contributed by atoms with Gasteiger partial charge in [-0.05, 0) is 43.0 Å². The quantitative estimate of drug-likeness (QED) is 0.496. The Bertz CT molecular complexity index is 978. The SMILES string of the molecule is C[C@H]1CCCN(c2nc3ncnc(SCC(=O)Nc4ccc(F)cc4)c3s2)C1. The molecular formula is C19H20FN5OS2. The van der Waals surface area contributed by atoms with Crippen LogP contribution in [0, 0.1) is 11.7 Å². The van der Waals surface area contributed by atoms with Crippen LogP contribution in [0.1, 0.15) is 19.8 Å². The summed E-state index contributed by atoms with van der Waals surface area (Å²) in [5.74, 6) is 0.367. The maximum atomic E-state index is 13.0. The van der Waals surface area contributed by atoms with Crippen molar-refractivity contribution >= 4 is 50.2 Å². The van der Waals surface area contributed by atoms with Crippen LogP contribution in [-0.2, 0) is 4.79 Å². The summed E-state index contributed by atoms with van der Waals surface area (Å²) in [7, 11) is 0. The van der Waals surface area contributed by atoms with Gasteiger partial charge in [-0.25, -0.2) is 14.4 Å². The van der Waals surface area contributed by atoms with Crippen molar-refractivity contribution in [1.82, 2.24) is 15.0 Å². The van der Waals surface area contributed by atoms with Gasteiger partial charge in [0.2, 0.25) is 5.91 Å². The average molecular weight is 418 g/mol. The van der Waals surface area contributed by atoms with Crippen LogP contribution in [0.15, 0.2) is 35.6 Å². The minimum Gasteiger partial charge on any atom is -0.348 e. The van der Waals surface area contributed by atoms with Crippen LogP contribution in [0.25, 0.3) is 10.3 Å². The number of piperidine rings is 1. The summed E-state index contributed by atoms with van der Waals surface area (Å²) < 4.78 is 13.9. The molecule has 0 spiro atoms. The van der Waals surface area contributed by atoms with Crippen molar-refractivity contribution in [2.75, 3.05) is 29.1 Å². The van der Waals surface area contributed by atoms with Crippen LogP contribution in [0.5, 0.6) is 0 Å². The molecule has 1 fully saturated rings. The first-order chi connectivity index (χ1) is 13.6. The fraction of sp³-hybridized carbons (Fsp3) is 0.368. The van der Waals surface area contributed by atoms with Crippen LogP contribution in [-0.4, -0.2) is 39.7 Å². The summed E-state index contributed by atoms with van der Waals surface area (Å²) >= 11 is 2.94. The zero-order valence-corrected chi connectivity index (χ0v) is 17.0. The van der Waals surface area contributed by atoms with Crippen molar-refractivity contribution in [3.63, 3.8) is 0 Å². The van der Waals surface area contributed by atoms with Crippen LogP contribution in [0.3, 0.4) is 0 Å². The predicted molar refractivity (Wildman–Crippen MR) is 112 cm³/mol. The van der Waals surface area contributed by atoms with Gasteiger partial charge in [0, 0.05) is 18.8 Å². The Labute approximate surface area is 170 Å². The largest absolute Gasteiger partial charge is 0.348 e. The van der Waals surface area contributed by atoms with Gasteiger partial charge in [0.05, 0.1) is 5.75 Å². The number of carbonyl (C=O) groups is 1. The number of fused-ring (bicyclic) bond motifs is 1. The number of halogens is 1. The second-order valence-corrected chi connectivity index (χ2v) is 8.81. The first-order valence-electron chi connectivity index (χ1n) is 9.13. The fourth-order valence-electron chi connectivity index (χ4n) is 3.19. The van der Waals surface area contributed by atoms with E-state index in [2.05, 4.69) is 32.1 Å². The minimum absolute atomic E-state index is 0.169. The molecule has 1 atom stereocenters. The predicted octanol–water partition coefficient (Wildman–Crippen LogP) is 4.19. The number of carbonyl (C=O) groups excluding carboxylic acids is 1. The summed E-state index contributed by atoms with van der Waals surface area (Å²) in [4.78, 5) is 27.8. The Morgan fingerprint density at radius 3 is 2.96 bits per heavy atom. The van der Waals surface area contributed by atoms with Crippen molar-refractivity contribution in [3.8, 4) is 0 Å². The number of hydrogen-bond acceptors (Lipinski definition) is 7. The molecule has 1 amide bonds. The molecule has 0 radical (unpaired) electrons. The van der Waals surface area contributed by atoms with Crippen molar-refractivity contribution < 1.29 is 9.18 Å². The first-order valence-corrected chi connectivity index (χ1v) is 10.9. The zero-order valence-electron chi connectivity index (χ0n) is 15.4. The number of nitrogens with one attached hydrogen (secondary N) is 1. The van der Waals surface area contributed by atoms with Crippen molar-refractivity contribution in [2.24, 2.45) is 5.92 Å². The maximum absolute atomic E-state index is 13.0. The van der Waals surface area contributed by atoms with Crippen LogP contribution in [0.2, 0.25) is 0 Å². The molecule has 28 heavy (non-hydrogen) atoms. The molecule has 9 heteroatoms. The number of thiazole rings is 1. The van der Waals surface area contributed by atoms with Gasteiger partial charge >= 0.3 is 0 Å². The van der Waals surface area contributed by atoms with Gasteiger partial charge in [-0.3, -0.25) is 4.79 Å². The molecule has 146 valence electrons. The summed E-state index contributed by atoms with van der Waals surface area (Å²) in [6.07, 6.45) is 3.92. The Balaban J connectivity index is 1.44. The van der Waals surface area contributed by atoms with Gasteiger partial charge in [0.25, 0.3) is 0 Å². The van der Waals surface area contributed by atoms with Crippen molar-refractivity contribution in [3.05, 3.63) is 36.4 Å². The molecule has 1 N–H and O–H groups in total. The molecule has 4 rings (SSSR count). The smallest absolute Gasteiger partial charge is 0.234 e. The molecule has 3 aromatic rings. The molecule has 1 aromatic carbocycles. The normalized spacial score (nSPS) is 17.1. The lowest BCUT2D eigenvalue weighted by molar-refractivity contribution is -0.113.